The van der Waals surface area contributed by atoms with Crippen LogP contribution >= 0.6 is 11.8 Å². The van der Waals surface area contributed by atoms with Crippen LogP contribution < -0.4 is 0 Å². The lowest BCUT2D eigenvalue weighted by Crippen LogP contribution is -2.50. The van der Waals surface area contributed by atoms with E-state index < -0.39 is 0 Å². The van der Waals surface area contributed by atoms with Crippen molar-refractivity contribution < 1.29 is 9.59 Å². The Morgan fingerprint density at radius 3 is 1.77 bits per heavy atom. The lowest BCUT2D eigenvalue weighted by atomic mass is 10.0. The minimum absolute atomic E-state index is 0.0830. The van der Waals surface area contributed by atoms with E-state index in [0.29, 0.717) is 31.9 Å². The maximum Gasteiger partial charge on any atom is 0.232 e. The second kappa shape index (κ2) is 8.90. The lowest BCUT2D eigenvalue weighted by molar-refractivity contribution is -0.136. The lowest BCUT2D eigenvalue weighted by Gasteiger charge is -2.34. The second-order valence-electron chi connectivity index (χ2n) is 6.40. The first-order valence-electron chi connectivity index (χ1n) is 8.90. The number of hydrogen-bond donors (Lipinski definition) is 0. The molecule has 5 heteroatoms. The van der Waals surface area contributed by atoms with E-state index in [1.54, 1.807) is 23.6 Å². The van der Waals surface area contributed by atoms with Crippen LogP contribution in [-0.2, 0) is 9.59 Å². The largest absolute Gasteiger partial charge is 0.339 e. The molecule has 0 spiro atoms. The van der Waals surface area contributed by atoms with Crippen LogP contribution in [0.15, 0.2) is 60.7 Å². The molecule has 1 heterocycles. The molecule has 0 aliphatic carbocycles. The predicted molar refractivity (Wildman–Crippen MR) is 106 cm³/mol. The van der Waals surface area contributed by atoms with E-state index in [2.05, 4.69) is 24.3 Å². The maximum atomic E-state index is 12.6. The Morgan fingerprint density at radius 1 is 0.846 bits per heavy atom. The Hall–Kier alpha value is -2.27. The summed E-state index contributed by atoms with van der Waals surface area (Å²) < 4.78 is 0. The van der Waals surface area contributed by atoms with Gasteiger partial charge in [0.15, 0.2) is 0 Å². The first-order chi connectivity index (χ1) is 12.6. The van der Waals surface area contributed by atoms with Crippen LogP contribution in [-0.4, -0.2) is 53.5 Å². The number of benzene rings is 2. The molecule has 0 aromatic heterocycles. The molecule has 1 fully saturated rings. The molecule has 3 rings (SSSR count). The molecule has 2 amide bonds. The molecule has 136 valence electrons. The molecule has 4 nitrogen and oxygen atoms in total. The van der Waals surface area contributed by atoms with Gasteiger partial charge >= 0.3 is 0 Å². The van der Waals surface area contributed by atoms with E-state index >= 15 is 0 Å². The highest BCUT2D eigenvalue weighted by Crippen LogP contribution is 2.35. The van der Waals surface area contributed by atoms with Crippen molar-refractivity contribution in [2.75, 3.05) is 31.9 Å². The third-order valence-electron chi connectivity index (χ3n) is 4.66. The zero-order chi connectivity index (χ0) is 18.4. The van der Waals surface area contributed by atoms with Crippen LogP contribution in [0.4, 0.5) is 0 Å². The van der Waals surface area contributed by atoms with E-state index in [4.69, 9.17) is 0 Å². The van der Waals surface area contributed by atoms with Crippen LogP contribution in [0.2, 0.25) is 0 Å². The topological polar surface area (TPSA) is 40.6 Å². The van der Waals surface area contributed by atoms with Crippen LogP contribution in [0.1, 0.15) is 23.3 Å². The summed E-state index contributed by atoms with van der Waals surface area (Å²) >= 11 is 1.66. The van der Waals surface area contributed by atoms with Gasteiger partial charge in [-0.1, -0.05) is 60.7 Å². The number of hydrogen-bond acceptors (Lipinski definition) is 3. The average Bonchev–Trinajstić information content (AvgIpc) is 2.69. The predicted octanol–water partition coefficient (Wildman–Crippen LogP) is 3.20. The van der Waals surface area contributed by atoms with Crippen molar-refractivity contribution in [1.29, 1.82) is 0 Å². The summed E-state index contributed by atoms with van der Waals surface area (Å²) in [4.78, 5) is 27.7. The molecule has 1 aliphatic rings. The number of nitrogens with zero attached hydrogens (tertiary/aromatic N) is 2. The molecular weight excluding hydrogens is 344 g/mol. The van der Waals surface area contributed by atoms with Gasteiger partial charge in [0, 0.05) is 33.1 Å². The zero-order valence-corrected chi connectivity index (χ0v) is 15.8. The molecule has 1 aliphatic heterocycles. The molecule has 0 unspecified atom stereocenters. The van der Waals surface area contributed by atoms with Crippen molar-refractivity contribution in [2.24, 2.45) is 0 Å². The van der Waals surface area contributed by atoms with Crippen LogP contribution in [0.3, 0.4) is 0 Å². The standard InChI is InChI=1S/C21H24N2O2S/c1-17(24)22-12-14-23(15-13-22)20(25)16-26-21(18-8-4-2-5-9-18)19-10-6-3-7-11-19/h2-11,21H,12-16H2,1H3. The fourth-order valence-corrected chi connectivity index (χ4v) is 4.35. The smallest absolute Gasteiger partial charge is 0.232 e. The van der Waals surface area contributed by atoms with Gasteiger partial charge in [-0.2, -0.15) is 0 Å². The normalized spacial score (nSPS) is 14.5. The van der Waals surface area contributed by atoms with E-state index in [9.17, 15) is 9.59 Å². The summed E-state index contributed by atoms with van der Waals surface area (Å²) in [5.74, 6) is 0.670. The number of rotatable bonds is 5. The van der Waals surface area contributed by atoms with Gasteiger partial charge in [0.2, 0.25) is 11.8 Å². The molecule has 2 aromatic carbocycles. The van der Waals surface area contributed by atoms with Crippen molar-refractivity contribution in [1.82, 2.24) is 9.80 Å². The monoisotopic (exact) mass is 368 g/mol. The maximum absolute atomic E-state index is 12.6. The summed E-state index contributed by atoms with van der Waals surface area (Å²) in [6.07, 6.45) is 0. The number of amides is 2. The van der Waals surface area contributed by atoms with Gasteiger partial charge in [0.25, 0.3) is 0 Å². The molecule has 0 bridgehead atoms. The molecule has 0 atom stereocenters. The van der Waals surface area contributed by atoms with Gasteiger partial charge in [-0.3, -0.25) is 9.59 Å². The number of carbonyl (C=O) groups excluding carboxylic acids is 2. The number of thioether (sulfide) groups is 1. The summed E-state index contributed by atoms with van der Waals surface area (Å²) in [5, 5.41) is 0.139. The van der Waals surface area contributed by atoms with Gasteiger partial charge in [0.1, 0.15) is 0 Å². The fraction of sp³-hybridized carbons (Fsp3) is 0.333. The third kappa shape index (κ3) is 4.67. The van der Waals surface area contributed by atoms with E-state index in [0.717, 1.165) is 0 Å². The molecule has 0 saturated carbocycles. The third-order valence-corrected chi connectivity index (χ3v) is 5.95. The molecule has 1 saturated heterocycles. The Kier molecular flexibility index (Phi) is 6.34. The Morgan fingerprint density at radius 2 is 1.31 bits per heavy atom. The summed E-state index contributed by atoms with van der Waals surface area (Å²) in [6.45, 7) is 4.09. The van der Waals surface area contributed by atoms with Crippen molar-refractivity contribution >= 4 is 23.6 Å². The van der Waals surface area contributed by atoms with E-state index in [1.807, 2.05) is 41.3 Å². The van der Waals surface area contributed by atoms with Gasteiger partial charge in [-0.05, 0) is 11.1 Å². The van der Waals surface area contributed by atoms with Crippen molar-refractivity contribution in [3.05, 3.63) is 71.8 Å². The minimum atomic E-state index is 0.0830. The molecular formula is C21H24N2O2S. The van der Waals surface area contributed by atoms with E-state index in [-0.39, 0.29) is 17.1 Å². The Labute approximate surface area is 159 Å². The van der Waals surface area contributed by atoms with Crippen molar-refractivity contribution in [3.63, 3.8) is 0 Å². The van der Waals surface area contributed by atoms with Crippen LogP contribution in [0.5, 0.6) is 0 Å². The van der Waals surface area contributed by atoms with Crippen molar-refractivity contribution in [3.8, 4) is 0 Å². The molecule has 2 aromatic rings. The Bertz CT molecular complexity index is 689. The van der Waals surface area contributed by atoms with Crippen LogP contribution in [0, 0.1) is 0 Å². The minimum Gasteiger partial charge on any atom is -0.339 e. The molecule has 0 radical (unpaired) electrons. The summed E-state index contributed by atoms with van der Waals surface area (Å²) in [5.41, 5.74) is 2.41. The first-order valence-corrected chi connectivity index (χ1v) is 9.95. The number of carbonyl (C=O) groups is 2. The van der Waals surface area contributed by atoms with E-state index in [1.165, 1.54) is 11.1 Å². The van der Waals surface area contributed by atoms with Gasteiger partial charge in [-0.25, -0.2) is 0 Å². The summed E-state index contributed by atoms with van der Waals surface area (Å²) in [6, 6.07) is 20.6. The molecule has 26 heavy (non-hydrogen) atoms. The van der Waals surface area contributed by atoms with Gasteiger partial charge in [0.05, 0.1) is 11.0 Å². The van der Waals surface area contributed by atoms with Gasteiger partial charge in [-0.15, -0.1) is 11.8 Å². The highest BCUT2D eigenvalue weighted by Gasteiger charge is 2.24. The zero-order valence-electron chi connectivity index (χ0n) is 15.0. The quantitative estimate of drug-likeness (QED) is 0.814. The second-order valence-corrected chi connectivity index (χ2v) is 7.49. The SMILES string of the molecule is CC(=O)N1CCN(C(=O)CSC(c2ccccc2)c2ccccc2)CC1. The Balaban J connectivity index is 1.63. The van der Waals surface area contributed by atoms with Gasteiger partial charge < -0.3 is 9.80 Å². The fourth-order valence-electron chi connectivity index (χ4n) is 3.16. The molecule has 0 N–H and O–H groups in total. The summed E-state index contributed by atoms with van der Waals surface area (Å²) in [7, 11) is 0. The number of piperazine rings is 1. The highest BCUT2D eigenvalue weighted by atomic mass is 32.2. The van der Waals surface area contributed by atoms with Crippen molar-refractivity contribution in [2.45, 2.75) is 12.2 Å². The average molecular weight is 369 g/mol. The first kappa shape index (κ1) is 18.5. The van der Waals surface area contributed by atoms with Crippen LogP contribution in [0.25, 0.3) is 0 Å². The highest BCUT2D eigenvalue weighted by molar-refractivity contribution is 8.00.